The van der Waals surface area contributed by atoms with Crippen LogP contribution in [0.1, 0.15) is 30.3 Å². The van der Waals surface area contributed by atoms with Crippen LogP contribution in [0.15, 0.2) is 15.8 Å². The van der Waals surface area contributed by atoms with Gasteiger partial charge in [-0.2, -0.15) is 13.2 Å². The second-order valence-electron chi connectivity index (χ2n) is 9.31. The minimum atomic E-state index is -5.10. The highest BCUT2D eigenvalue weighted by Crippen LogP contribution is 2.44. The van der Waals surface area contributed by atoms with Crippen LogP contribution in [0.2, 0.25) is 0 Å². The number of alkyl halides is 3. The molecule has 0 fully saturated rings. The maximum absolute atomic E-state index is 16.2. The van der Waals surface area contributed by atoms with Crippen LogP contribution in [0.25, 0.3) is 22.2 Å². The maximum atomic E-state index is 16.2. The molecule has 4 N–H and O–H groups in total. The number of nitrogens with two attached hydrogens (primary N) is 1. The van der Waals surface area contributed by atoms with Crippen molar-refractivity contribution in [1.29, 1.82) is 0 Å². The van der Waals surface area contributed by atoms with Gasteiger partial charge < -0.3 is 21.1 Å². The smallest absolute Gasteiger partial charge is 0.417 e. The van der Waals surface area contributed by atoms with Crippen molar-refractivity contribution < 1.29 is 35.1 Å². The summed E-state index contributed by atoms with van der Waals surface area (Å²) in [7, 11) is -3.68. The number of ether oxygens (including phenoxy) is 1. The lowest BCUT2D eigenvalue weighted by molar-refractivity contribution is -0.137. The van der Waals surface area contributed by atoms with Crippen LogP contribution in [0.5, 0.6) is 5.88 Å². The third kappa shape index (κ3) is 6.16. The second kappa shape index (κ2) is 11.1. The first kappa shape index (κ1) is 30.0. The molecule has 0 saturated heterocycles. The number of pyridine rings is 1. The van der Waals surface area contributed by atoms with Gasteiger partial charge in [0.1, 0.15) is 45.9 Å². The van der Waals surface area contributed by atoms with Crippen molar-refractivity contribution in [3.63, 3.8) is 0 Å². The number of benzene rings is 1. The molecule has 4 rings (SSSR count). The number of nitrogen functional groups attached to an aromatic ring is 1. The SMILES string of the molecule is Cc1c(F)c(N)cc(-c2nc3c4c(nc(CS(C)(=O)=O)nc4c2F)NCCN/C(=C\I)C[C@H](C)O3)c1C(F)(F)F. The average molecular weight is 698 g/mol. The molecule has 216 valence electrons. The molecule has 0 spiro atoms. The van der Waals surface area contributed by atoms with Gasteiger partial charge in [-0.05, 0) is 29.6 Å². The van der Waals surface area contributed by atoms with Crippen LogP contribution in [-0.2, 0) is 21.8 Å². The normalized spacial score (nSPS) is 17.6. The first-order chi connectivity index (χ1) is 18.6. The van der Waals surface area contributed by atoms with Gasteiger partial charge in [-0.15, -0.1) is 0 Å². The van der Waals surface area contributed by atoms with E-state index in [1.807, 2.05) is 22.6 Å². The summed E-state index contributed by atoms with van der Waals surface area (Å²) in [5.74, 6) is -3.89. The molecule has 0 unspecified atom stereocenters. The van der Waals surface area contributed by atoms with E-state index in [4.69, 9.17) is 10.5 Å². The zero-order valence-electron chi connectivity index (χ0n) is 21.4. The Morgan fingerprint density at radius 1 is 1.18 bits per heavy atom. The van der Waals surface area contributed by atoms with Crippen LogP contribution in [0, 0.1) is 18.6 Å². The van der Waals surface area contributed by atoms with E-state index in [-0.39, 0.29) is 29.5 Å². The molecular weight excluding hydrogens is 674 g/mol. The zero-order chi connectivity index (χ0) is 29.6. The van der Waals surface area contributed by atoms with Crippen LogP contribution in [0.3, 0.4) is 0 Å². The molecule has 1 aliphatic heterocycles. The van der Waals surface area contributed by atoms with E-state index >= 15 is 4.39 Å². The van der Waals surface area contributed by atoms with Crippen LogP contribution < -0.4 is 21.1 Å². The van der Waals surface area contributed by atoms with Gasteiger partial charge in [0.15, 0.2) is 15.7 Å². The number of halogens is 6. The van der Waals surface area contributed by atoms with Crippen molar-refractivity contribution in [2.45, 2.75) is 38.3 Å². The van der Waals surface area contributed by atoms with E-state index < -0.39 is 73.1 Å². The van der Waals surface area contributed by atoms with Gasteiger partial charge in [0, 0.05) is 37.0 Å². The predicted molar refractivity (Wildman–Crippen MR) is 149 cm³/mol. The van der Waals surface area contributed by atoms with Gasteiger partial charge >= 0.3 is 6.18 Å². The van der Waals surface area contributed by atoms with Crippen molar-refractivity contribution in [2.75, 3.05) is 30.4 Å². The summed E-state index contributed by atoms with van der Waals surface area (Å²) in [5, 5.41) is 6.10. The van der Waals surface area contributed by atoms with Gasteiger partial charge in [0.05, 0.1) is 11.3 Å². The number of hydrogen-bond acceptors (Lipinski definition) is 9. The highest BCUT2D eigenvalue weighted by molar-refractivity contribution is 14.1. The van der Waals surface area contributed by atoms with Gasteiger partial charge in [-0.1, -0.05) is 22.6 Å². The number of aromatic nitrogens is 3. The van der Waals surface area contributed by atoms with Crippen molar-refractivity contribution in [2.24, 2.45) is 0 Å². The van der Waals surface area contributed by atoms with Gasteiger partial charge in [-0.3, -0.25) is 0 Å². The van der Waals surface area contributed by atoms with Crippen LogP contribution >= 0.6 is 22.6 Å². The number of rotatable bonds is 3. The monoisotopic (exact) mass is 698 g/mol. The summed E-state index contributed by atoms with van der Waals surface area (Å²) in [6, 6.07) is 0.655. The number of sulfone groups is 1. The fourth-order valence-electron chi connectivity index (χ4n) is 4.35. The quantitative estimate of drug-likeness (QED) is 0.199. The summed E-state index contributed by atoms with van der Waals surface area (Å²) >= 11 is 2.04. The van der Waals surface area contributed by atoms with Crippen molar-refractivity contribution in [3.8, 4) is 17.1 Å². The van der Waals surface area contributed by atoms with E-state index in [9.17, 15) is 26.0 Å². The molecule has 9 nitrogen and oxygen atoms in total. The molecule has 1 aromatic carbocycles. The van der Waals surface area contributed by atoms with E-state index in [0.717, 1.165) is 18.9 Å². The molecule has 0 bridgehead atoms. The zero-order valence-corrected chi connectivity index (χ0v) is 24.4. The summed E-state index contributed by atoms with van der Waals surface area (Å²) < 4.78 is 105. The summed E-state index contributed by atoms with van der Waals surface area (Å²) in [6.07, 6.45) is -4.43. The lowest BCUT2D eigenvalue weighted by Gasteiger charge is -2.21. The lowest BCUT2D eigenvalue weighted by atomic mass is 9.96. The van der Waals surface area contributed by atoms with Crippen molar-refractivity contribution in [1.82, 2.24) is 20.3 Å². The Kier molecular flexibility index (Phi) is 8.31. The Balaban J connectivity index is 2.11. The molecule has 0 radical (unpaired) electrons. The number of hydrogen-bond donors (Lipinski definition) is 3. The highest BCUT2D eigenvalue weighted by Gasteiger charge is 2.39. The van der Waals surface area contributed by atoms with E-state index in [1.165, 1.54) is 0 Å². The molecule has 1 aliphatic rings. The van der Waals surface area contributed by atoms with E-state index in [1.54, 1.807) is 11.0 Å². The predicted octanol–water partition coefficient (Wildman–Crippen LogP) is 4.87. The Hall–Kier alpha value is -3.02. The molecule has 3 aromatic rings. The standard InChI is InChI=1S/C24H24F5IN6O3S/c1-10-6-12(8-30)32-4-5-33-22-16-21(34-15(35-22)9-40(3,37)38)19(26)20(36-23(16)39-10)13-7-14(31)18(25)11(2)17(13)24(27,28)29/h7-8,10,32H,4-6,9,31H2,1-3H3,(H,33,34,35)/b12-8-/t10-/m0/s1. The van der Waals surface area contributed by atoms with Gasteiger partial charge in [0.2, 0.25) is 5.88 Å². The lowest BCUT2D eigenvalue weighted by Crippen LogP contribution is -2.24. The molecule has 40 heavy (non-hydrogen) atoms. The number of anilines is 2. The molecular formula is C24H24F5IN6O3S. The molecule has 16 heteroatoms. The minimum Gasteiger partial charge on any atom is -0.474 e. The van der Waals surface area contributed by atoms with Crippen molar-refractivity contribution in [3.05, 3.63) is 44.4 Å². The second-order valence-corrected chi connectivity index (χ2v) is 12.1. The Bertz CT molecular complexity index is 1630. The van der Waals surface area contributed by atoms with Crippen LogP contribution in [0.4, 0.5) is 33.5 Å². The van der Waals surface area contributed by atoms with E-state index in [2.05, 4.69) is 25.6 Å². The third-order valence-electron chi connectivity index (χ3n) is 5.98. The molecule has 1 atom stereocenters. The summed E-state index contributed by atoms with van der Waals surface area (Å²) in [5.41, 5.74) is 1.31. The van der Waals surface area contributed by atoms with E-state index in [0.29, 0.717) is 19.0 Å². The molecule has 2 aromatic heterocycles. The fraction of sp³-hybridized carbons (Fsp3) is 0.375. The third-order valence-corrected chi connectivity index (χ3v) is 7.51. The number of nitrogens with zero attached hydrogens (tertiary/aromatic N) is 3. The van der Waals surface area contributed by atoms with Gasteiger partial charge in [0.25, 0.3) is 0 Å². The Labute approximate surface area is 239 Å². The topological polar surface area (TPSA) is 132 Å². The highest BCUT2D eigenvalue weighted by atomic mass is 127. The van der Waals surface area contributed by atoms with Crippen molar-refractivity contribution >= 4 is 54.8 Å². The molecule has 0 aliphatic carbocycles. The average Bonchev–Trinajstić information content (AvgIpc) is 2.86. The molecule has 3 heterocycles. The fourth-order valence-corrected chi connectivity index (χ4v) is 5.42. The first-order valence-corrected chi connectivity index (χ1v) is 15.1. The maximum Gasteiger partial charge on any atom is 0.417 e. The summed E-state index contributed by atoms with van der Waals surface area (Å²) in [4.78, 5) is 12.5. The largest absolute Gasteiger partial charge is 0.474 e. The molecule has 0 saturated carbocycles. The first-order valence-electron chi connectivity index (χ1n) is 11.8. The Morgan fingerprint density at radius 2 is 1.85 bits per heavy atom. The van der Waals surface area contributed by atoms with Gasteiger partial charge in [-0.25, -0.2) is 32.2 Å². The minimum absolute atomic E-state index is 0.0154. The summed E-state index contributed by atoms with van der Waals surface area (Å²) in [6.45, 7) is 3.22. The number of nitrogens with one attached hydrogen (secondary N) is 2. The van der Waals surface area contributed by atoms with Crippen LogP contribution in [-0.4, -0.2) is 48.8 Å². The molecule has 0 amide bonds. The Morgan fingerprint density at radius 3 is 2.48 bits per heavy atom.